The van der Waals surface area contributed by atoms with E-state index in [1.165, 1.54) is 42.7 Å². The Balaban J connectivity index is 1.25. The van der Waals surface area contributed by atoms with E-state index in [4.69, 9.17) is 11.6 Å². The number of benzene rings is 2. The minimum absolute atomic E-state index is 0.0870. The van der Waals surface area contributed by atoms with Gasteiger partial charge in [0.1, 0.15) is 5.82 Å². The van der Waals surface area contributed by atoms with Crippen molar-refractivity contribution < 1.29 is 27.5 Å². The number of rotatable bonds is 7. The maximum Gasteiger partial charge on any atom is 0.436 e. The van der Waals surface area contributed by atoms with Gasteiger partial charge in [0.05, 0.1) is 5.69 Å². The largest absolute Gasteiger partial charge is 0.436 e. The number of carbonyl (C=O) groups is 1. The highest BCUT2D eigenvalue weighted by atomic mass is 35.5. The van der Waals surface area contributed by atoms with Crippen molar-refractivity contribution in [1.82, 2.24) is 9.88 Å². The highest BCUT2D eigenvalue weighted by Gasteiger charge is 2.54. The molecule has 0 radical (unpaired) electrons. The SMILES string of the molecule is O=C(Nc1ccncc1)Nc1ccc(CC2CCN(Cc3ccc(C(O)(Cl)C(F)(F)F)cc3)CC2)cc1F. The zero-order valence-corrected chi connectivity index (χ0v) is 21.1. The van der Waals surface area contributed by atoms with Gasteiger partial charge < -0.3 is 15.7 Å². The number of hydrogen-bond acceptors (Lipinski definition) is 4. The number of aromatic nitrogens is 1. The first-order valence-corrected chi connectivity index (χ1v) is 12.5. The molecule has 0 aliphatic carbocycles. The van der Waals surface area contributed by atoms with E-state index in [-0.39, 0.29) is 5.69 Å². The number of alkyl halides is 4. The quantitative estimate of drug-likeness (QED) is 0.239. The third-order valence-electron chi connectivity index (χ3n) is 6.57. The molecule has 1 saturated heterocycles. The summed E-state index contributed by atoms with van der Waals surface area (Å²) in [5.74, 6) is -0.150. The van der Waals surface area contributed by atoms with Gasteiger partial charge in [0.15, 0.2) is 0 Å². The van der Waals surface area contributed by atoms with Gasteiger partial charge in [0.25, 0.3) is 5.06 Å². The van der Waals surface area contributed by atoms with Gasteiger partial charge in [-0.1, -0.05) is 41.9 Å². The van der Waals surface area contributed by atoms with Gasteiger partial charge in [-0.25, -0.2) is 9.18 Å². The Labute approximate surface area is 222 Å². The second kappa shape index (κ2) is 11.7. The summed E-state index contributed by atoms with van der Waals surface area (Å²) in [7, 11) is 0. The number of hydrogen-bond donors (Lipinski definition) is 3. The molecule has 3 aromatic rings. The molecule has 11 heteroatoms. The first-order chi connectivity index (χ1) is 18.0. The molecule has 1 atom stereocenters. The first-order valence-electron chi connectivity index (χ1n) is 12.1. The highest BCUT2D eigenvalue weighted by Crippen LogP contribution is 2.42. The number of pyridine rings is 1. The van der Waals surface area contributed by atoms with Crippen LogP contribution >= 0.6 is 11.6 Å². The van der Waals surface area contributed by atoms with E-state index < -0.39 is 28.6 Å². The fourth-order valence-corrected chi connectivity index (χ4v) is 4.57. The summed E-state index contributed by atoms with van der Waals surface area (Å²) >= 11 is 5.31. The molecule has 1 fully saturated rings. The van der Waals surface area contributed by atoms with Gasteiger partial charge in [0.2, 0.25) is 0 Å². The van der Waals surface area contributed by atoms with Crippen LogP contribution in [0.2, 0.25) is 0 Å². The highest BCUT2D eigenvalue weighted by molar-refractivity contribution is 6.23. The summed E-state index contributed by atoms with van der Waals surface area (Å²) in [5, 5.41) is 11.3. The number of carbonyl (C=O) groups excluding carboxylic acids is 1. The van der Waals surface area contributed by atoms with E-state index in [2.05, 4.69) is 20.5 Å². The molecule has 0 bridgehead atoms. The lowest BCUT2D eigenvalue weighted by molar-refractivity contribution is -0.228. The van der Waals surface area contributed by atoms with Crippen LogP contribution in [0.1, 0.15) is 29.5 Å². The predicted octanol–water partition coefficient (Wildman–Crippen LogP) is 6.27. The Morgan fingerprint density at radius 3 is 2.24 bits per heavy atom. The van der Waals surface area contributed by atoms with Crippen LogP contribution in [0.4, 0.5) is 33.7 Å². The van der Waals surface area contributed by atoms with Crippen molar-refractivity contribution in [2.75, 3.05) is 23.7 Å². The number of halogens is 5. The Morgan fingerprint density at radius 1 is 1.00 bits per heavy atom. The van der Waals surface area contributed by atoms with Gasteiger partial charge in [-0.15, -0.1) is 0 Å². The lowest BCUT2D eigenvalue weighted by atomic mass is 9.90. The molecule has 0 spiro atoms. The maximum absolute atomic E-state index is 14.6. The van der Waals surface area contributed by atoms with Crippen LogP contribution in [0.3, 0.4) is 0 Å². The molecular weight excluding hydrogens is 524 g/mol. The first kappa shape index (κ1) is 27.8. The molecule has 2 amide bonds. The third kappa shape index (κ3) is 7.00. The molecule has 1 aliphatic heterocycles. The lowest BCUT2D eigenvalue weighted by Crippen LogP contribution is -2.36. The number of urea groups is 1. The van der Waals surface area contributed by atoms with Crippen molar-refractivity contribution >= 4 is 29.0 Å². The standard InChI is InChI=1S/C27H27ClF4N4O2/c28-26(38,27(30,31)32)21-4-1-19(2-5-21)17-36-13-9-18(10-14-36)15-20-3-6-24(23(29)16-20)35-25(37)34-22-7-11-33-12-8-22/h1-8,11-12,16,18,38H,9-10,13-15,17H2,(H2,33,34,35,37). The molecule has 1 aliphatic rings. The van der Waals surface area contributed by atoms with Crippen LogP contribution in [0, 0.1) is 11.7 Å². The molecule has 2 aromatic carbocycles. The van der Waals surface area contributed by atoms with Gasteiger partial charge in [-0.05, 0) is 73.7 Å². The fourth-order valence-electron chi connectivity index (χ4n) is 4.44. The van der Waals surface area contributed by atoms with Gasteiger partial charge in [0, 0.05) is 30.2 Å². The van der Waals surface area contributed by atoms with E-state index >= 15 is 0 Å². The molecule has 1 unspecified atom stereocenters. The number of aliphatic hydroxyl groups is 1. The van der Waals surface area contributed by atoms with Crippen LogP contribution in [-0.4, -0.2) is 40.3 Å². The summed E-state index contributed by atoms with van der Waals surface area (Å²) < 4.78 is 53.4. The molecule has 38 heavy (non-hydrogen) atoms. The second-order valence-electron chi connectivity index (χ2n) is 9.37. The van der Waals surface area contributed by atoms with E-state index in [1.54, 1.807) is 24.3 Å². The zero-order valence-electron chi connectivity index (χ0n) is 20.3. The number of nitrogens with zero attached hydrogens (tertiary/aromatic N) is 2. The van der Waals surface area contributed by atoms with E-state index in [1.807, 2.05) is 0 Å². The zero-order chi connectivity index (χ0) is 27.3. The molecule has 4 rings (SSSR count). The van der Waals surface area contributed by atoms with Crippen LogP contribution in [0.15, 0.2) is 67.0 Å². The molecule has 2 heterocycles. The van der Waals surface area contributed by atoms with E-state index in [9.17, 15) is 27.5 Å². The third-order valence-corrected chi connectivity index (χ3v) is 7.00. The van der Waals surface area contributed by atoms with Crippen molar-refractivity contribution in [3.63, 3.8) is 0 Å². The Hall–Kier alpha value is -3.21. The van der Waals surface area contributed by atoms with Gasteiger partial charge in [-0.2, -0.15) is 13.2 Å². The molecule has 1 aromatic heterocycles. The van der Waals surface area contributed by atoms with E-state index in [0.717, 1.165) is 37.1 Å². The van der Waals surface area contributed by atoms with Crippen LogP contribution in [0.5, 0.6) is 0 Å². The molecule has 202 valence electrons. The van der Waals surface area contributed by atoms with Crippen molar-refractivity contribution in [3.05, 3.63) is 89.5 Å². The Morgan fingerprint density at radius 2 is 1.63 bits per heavy atom. The topological polar surface area (TPSA) is 77.5 Å². The summed E-state index contributed by atoms with van der Waals surface area (Å²) in [4.78, 5) is 18.2. The summed E-state index contributed by atoms with van der Waals surface area (Å²) in [5.41, 5.74) is 1.87. The Kier molecular flexibility index (Phi) is 8.54. The summed E-state index contributed by atoms with van der Waals surface area (Å²) in [6, 6.07) is 13.0. The monoisotopic (exact) mass is 550 g/mol. The maximum atomic E-state index is 14.6. The smallest absolute Gasteiger partial charge is 0.364 e. The number of nitrogens with one attached hydrogen (secondary N) is 2. The average molecular weight is 551 g/mol. The number of piperidine rings is 1. The fraction of sp³-hybridized carbons (Fsp3) is 0.333. The van der Waals surface area contributed by atoms with Crippen LogP contribution < -0.4 is 10.6 Å². The predicted molar refractivity (Wildman–Crippen MR) is 137 cm³/mol. The average Bonchev–Trinajstić information content (AvgIpc) is 2.87. The number of anilines is 2. The Bertz CT molecular complexity index is 1230. The van der Waals surface area contributed by atoms with Crippen molar-refractivity contribution in [1.29, 1.82) is 0 Å². The molecule has 6 nitrogen and oxygen atoms in total. The second-order valence-corrected chi connectivity index (χ2v) is 9.92. The number of amides is 2. The minimum Gasteiger partial charge on any atom is -0.364 e. The van der Waals surface area contributed by atoms with Crippen LogP contribution in [-0.2, 0) is 18.0 Å². The van der Waals surface area contributed by atoms with E-state index in [0.29, 0.717) is 24.6 Å². The normalized spacial score (nSPS) is 16.6. The van der Waals surface area contributed by atoms with Crippen molar-refractivity contribution in [3.8, 4) is 0 Å². The molecule has 3 N–H and O–H groups in total. The van der Waals surface area contributed by atoms with Crippen molar-refractivity contribution in [2.24, 2.45) is 5.92 Å². The molecular formula is C27H27ClF4N4O2. The lowest BCUT2D eigenvalue weighted by Gasteiger charge is -2.32. The van der Waals surface area contributed by atoms with Crippen molar-refractivity contribution in [2.45, 2.75) is 37.0 Å². The molecule has 0 saturated carbocycles. The number of likely N-dealkylation sites (tertiary alicyclic amines) is 1. The minimum atomic E-state index is -4.98. The van der Waals surface area contributed by atoms with Gasteiger partial charge in [-0.3, -0.25) is 9.88 Å². The summed E-state index contributed by atoms with van der Waals surface area (Å²) in [6.45, 7) is 2.16. The van der Waals surface area contributed by atoms with Gasteiger partial charge >= 0.3 is 12.2 Å². The summed E-state index contributed by atoms with van der Waals surface area (Å²) in [6.07, 6.45) is 0.584. The van der Waals surface area contributed by atoms with Crippen LogP contribution in [0.25, 0.3) is 0 Å².